The van der Waals surface area contributed by atoms with Crippen molar-refractivity contribution in [3.05, 3.63) is 57.1 Å². The third-order valence-corrected chi connectivity index (χ3v) is 5.42. The number of hydrogen-bond donors (Lipinski definition) is 1. The van der Waals surface area contributed by atoms with E-state index in [0.29, 0.717) is 12.2 Å². The molecule has 0 radical (unpaired) electrons. The third-order valence-electron chi connectivity index (χ3n) is 5.42. The van der Waals surface area contributed by atoms with Crippen molar-refractivity contribution in [2.45, 2.75) is 25.7 Å². The fourth-order valence-corrected chi connectivity index (χ4v) is 3.63. The second kappa shape index (κ2) is 9.69. The van der Waals surface area contributed by atoms with Gasteiger partial charge in [-0.3, -0.25) is 14.2 Å². The number of hydrogen-bond acceptors (Lipinski definition) is 8. The van der Waals surface area contributed by atoms with Crippen LogP contribution in [0.15, 0.2) is 44.4 Å². The maximum Gasteiger partial charge on any atom is 0.351 e. The molecular formula is C21H25N7O4. The molecule has 1 fully saturated rings. The number of amides is 1. The SMILES string of the molecule is Cn1c(=O)c(-c2noc(C(=O)NCCN3CCCCCC3)n2)nn(-c2ccccc2)c1=O. The zero-order chi connectivity index (χ0) is 22.5. The Bertz CT molecular complexity index is 1190. The zero-order valence-corrected chi connectivity index (χ0v) is 17.9. The van der Waals surface area contributed by atoms with Gasteiger partial charge in [0, 0.05) is 20.1 Å². The average molecular weight is 439 g/mol. The molecule has 168 valence electrons. The van der Waals surface area contributed by atoms with E-state index in [9.17, 15) is 14.4 Å². The largest absolute Gasteiger partial charge is 0.351 e. The normalized spacial score (nSPS) is 14.8. The molecule has 1 aliphatic heterocycles. The first-order valence-corrected chi connectivity index (χ1v) is 10.6. The molecule has 0 atom stereocenters. The zero-order valence-electron chi connectivity index (χ0n) is 17.9. The Morgan fingerprint density at radius 3 is 2.53 bits per heavy atom. The van der Waals surface area contributed by atoms with Crippen molar-refractivity contribution in [2.75, 3.05) is 26.2 Å². The summed E-state index contributed by atoms with van der Waals surface area (Å²) in [5, 5.41) is 10.6. The smallest absolute Gasteiger partial charge is 0.347 e. The van der Waals surface area contributed by atoms with Crippen LogP contribution >= 0.6 is 0 Å². The molecule has 1 saturated heterocycles. The number of aromatic nitrogens is 5. The van der Waals surface area contributed by atoms with Crippen LogP contribution in [0.2, 0.25) is 0 Å². The quantitative estimate of drug-likeness (QED) is 0.591. The lowest BCUT2D eigenvalue weighted by molar-refractivity contribution is 0.0904. The molecule has 1 N–H and O–H groups in total. The molecule has 0 saturated carbocycles. The van der Waals surface area contributed by atoms with Crippen molar-refractivity contribution in [1.82, 2.24) is 34.7 Å². The van der Waals surface area contributed by atoms with Crippen LogP contribution in [0.25, 0.3) is 17.2 Å². The first-order valence-electron chi connectivity index (χ1n) is 10.6. The molecule has 32 heavy (non-hydrogen) atoms. The Labute approximate surface area is 183 Å². The highest BCUT2D eigenvalue weighted by atomic mass is 16.5. The highest BCUT2D eigenvalue weighted by Gasteiger charge is 2.22. The predicted molar refractivity (Wildman–Crippen MR) is 116 cm³/mol. The summed E-state index contributed by atoms with van der Waals surface area (Å²) in [6, 6.07) is 8.66. The van der Waals surface area contributed by atoms with E-state index < -0.39 is 17.2 Å². The minimum Gasteiger partial charge on any atom is -0.347 e. The summed E-state index contributed by atoms with van der Waals surface area (Å²) in [6.45, 7) is 3.27. The molecule has 1 aromatic carbocycles. The highest BCUT2D eigenvalue weighted by Crippen LogP contribution is 2.10. The first-order chi connectivity index (χ1) is 15.5. The van der Waals surface area contributed by atoms with Crippen LogP contribution in [-0.2, 0) is 7.05 Å². The van der Waals surface area contributed by atoms with Crippen molar-refractivity contribution in [1.29, 1.82) is 0 Å². The van der Waals surface area contributed by atoms with Gasteiger partial charge in [0.05, 0.1) is 5.69 Å². The molecule has 0 unspecified atom stereocenters. The van der Waals surface area contributed by atoms with Crippen molar-refractivity contribution < 1.29 is 9.32 Å². The lowest BCUT2D eigenvalue weighted by atomic mass is 10.2. The van der Waals surface area contributed by atoms with Gasteiger partial charge in [-0.25, -0.2) is 4.79 Å². The fraction of sp³-hybridized carbons (Fsp3) is 0.429. The predicted octanol–water partition coefficient (Wildman–Crippen LogP) is 0.587. The van der Waals surface area contributed by atoms with E-state index in [0.717, 1.165) is 28.9 Å². The van der Waals surface area contributed by atoms with Crippen LogP contribution in [0.4, 0.5) is 0 Å². The van der Waals surface area contributed by atoms with Crippen molar-refractivity contribution in [3.63, 3.8) is 0 Å². The summed E-state index contributed by atoms with van der Waals surface area (Å²) in [5.74, 6) is -0.947. The molecule has 3 aromatic rings. The molecule has 0 spiro atoms. The van der Waals surface area contributed by atoms with Gasteiger partial charge in [-0.05, 0) is 38.1 Å². The third kappa shape index (κ3) is 4.67. The van der Waals surface area contributed by atoms with E-state index in [-0.39, 0.29) is 17.4 Å². The van der Waals surface area contributed by atoms with Gasteiger partial charge in [-0.1, -0.05) is 36.2 Å². The Balaban J connectivity index is 1.50. The van der Waals surface area contributed by atoms with Gasteiger partial charge in [-0.2, -0.15) is 14.8 Å². The number of carbonyl (C=O) groups excluding carboxylic acids is 1. The van der Waals surface area contributed by atoms with Gasteiger partial charge >= 0.3 is 17.5 Å². The molecule has 0 bridgehead atoms. The molecule has 4 rings (SSSR count). The van der Waals surface area contributed by atoms with Crippen LogP contribution in [0.3, 0.4) is 0 Å². The monoisotopic (exact) mass is 439 g/mol. The molecule has 11 heteroatoms. The summed E-state index contributed by atoms with van der Waals surface area (Å²) >= 11 is 0. The summed E-state index contributed by atoms with van der Waals surface area (Å²) in [5.41, 5.74) is -1.01. The second-order valence-electron chi connectivity index (χ2n) is 7.68. The number of nitrogens with zero attached hydrogens (tertiary/aromatic N) is 6. The lowest BCUT2D eigenvalue weighted by Crippen LogP contribution is -2.40. The van der Waals surface area contributed by atoms with E-state index >= 15 is 0 Å². The van der Waals surface area contributed by atoms with E-state index in [1.165, 1.54) is 32.7 Å². The number of rotatable bonds is 6. The number of nitrogens with one attached hydrogen (secondary N) is 1. The number of carbonyl (C=O) groups is 1. The van der Waals surface area contributed by atoms with Crippen LogP contribution in [0.1, 0.15) is 36.4 Å². The number of likely N-dealkylation sites (tertiary alicyclic amines) is 1. The van der Waals surface area contributed by atoms with Gasteiger partial charge in [0.25, 0.3) is 5.56 Å². The molecule has 3 heterocycles. The second-order valence-corrected chi connectivity index (χ2v) is 7.68. The van der Waals surface area contributed by atoms with Gasteiger partial charge < -0.3 is 14.7 Å². The Morgan fingerprint density at radius 2 is 1.81 bits per heavy atom. The van der Waals surface area contributed by atoms with Crippen molar-refractivity contribution in [3.8, 4) is 17.2 Å². The maximum atomic E-state index is 12.6. The van der Waals surface area contributed by atoms with Crippen molar-refractivity contribution in [2.24, 2.45) is 7.05 Å². The van der Waals surface area contributed by atoms with E-state index in [2.05, 4.69) is 25.5 Å². The summed E-state index contributed by atoms with van der Waals surface area (Å²) < 4.78 is 7.04. The number of para-hydroxylation sites is 1. The average Bonchev–Trinajstić information content (AvgIpc) is 3.16. The minimum absolute atomic E-state index is 0.159. The molecular weight excluding hydrogens is 414 g/mol. The molecule has 11 nitrogen and oxygen atoms in total. The molecule has 0 aliphatic carbocycles. The Hall–Kier alpha value is -3.60. The van der Waals surface area contributed by atoms with Crippen LogP contribution in [0.5, 0.6) is 0 Å². The van der Waals surface area contributed by atoms with Gasteiger partial charge in [0.1, 0.15) is 0 Å². The van der Waals surface area contributed by atoms with E-state index in [1.54, 1.807) is 30.3 Å². The van der Waals surface area contributed by atoms with Crippen LogP contribution in [-0.4, -0.2) is 61.5 Å². The molecule has 2 aromatic heterocycles. The summed E-state index contributed by atoms with van der Waals surface area (Å²) in [4.78, 5) is 43.8. The van der Waals surface area contributed by atoms with Gasteiger partial charge in [0.2, 0.25) is 5.82 Å². The maximum absolute atomic E-state index is 12.6. The van der Waals surface area contributed by atoms with Gasteiger partial charge in [0.15, 0.2) is 5.69 Å². The topological polar surface area (TPSA) is 128 Å². The van der Waals surface area contributed by atoms with E-state index in [1.807, 2.05) is 0 Å². The minimum atomic E-state index is -0.684. The van der Waals surface area contributed by atoms with Crippen LogP contribution in [0, 0.1) is 0 Å². The van der Waals surface area contributed by atoms with Crippen molar-refractivity contribution >= 4 is 5.91 Å². The summed E-state index contributed by atoms with van der Waals surface area (Å²) in [6.07, 6.45) is 4.85. The molecule has 1 amide bonds. The standard InChI is InChI=1S/C21H25N7O4/c1-26-20(30)16(24-28(21(26)31)15-9-5-4-6-10-15)17-23-19(32-25-17)18(29)22-11-14-27-12-7-2-3-8-13-27/h4-6,9-10H,2-3,7-8,11-14H2,1H3,(H,22,29). The first kappa shape index (κ1) is 21.6. The highest BCUT2D eigenvalue weighted by molar-refractivity contribution is 5.89. The Morgan fingerprint density at radius 1 is 1.09 bits per heavy atom. The van der Waals surface area contributed by atoms with E-state index in [4.69, 9.17) is 4.52 Å². The molecule has 1 aliphatic rings. The van der Waals surface area contributed by atoms with Crippen LogP contribution < -0.4 is 16.6 Å². The summed E-state index contributed by atoms with van der Waals surface area (Å²) in [7, 11) is 1.34. The number of benzene rings is 1. The lowest BCUT2D eigenvalue weighted by Gasteiger charge is -2.19. The van der Waals surface area contributed by atoms with Gasteiger partial charge in [-0.15, -0.1) is 0 Å². The Kier molecular flexibility index (Phi) is 6.55. The fourth-order valence-electron chi connectivity index (χ4n) is 3.63.